The van der Waals surface area contributed by atoms with Crippen LogP contribution in [0.4, 0.5) is 0 Å². The van der Waals surface area contributed by atoms with E-state index in [0.29, 0.717) is 0 Å². The minimum absolute atomic E-state index is 0.815. The number of rotatable bonds is 4. The van der Waals surface area contributed by atoms with Crippen molar-refractivity contribution in [3.05, 3.63) is 24.3 Å². The molecule has 0 bridgehead atoms. The second-order valence-corrected chi connectivity index (χ2v) is 3.22. The highest BCUT2D eigenvalue weighted by Gasteiger charge is 1.88. The van der Waals surface area contributed by atoms with Crippen LogP contribution in [-0.2, 0) is 0 Å². The fourth-order valence-corrected chi connectivity index (χ4v) is 0.714. The largest absolute Gasteiger partial charge is 0.0961 e. The van der Waals surface area contributed by atoms with Crippen LogP contribution in [0.15, 0.2) is 24.3 Å². The quantitative estimate of drug-likeness (QED) is 0.521. The third kappa shape index (κ3) is 7.48. The lowest BCUT2D eigenvalue weighted by atomic mass is 10.1. The van der Waals surface area contributed by atoms with Gasteiger partial charge in [0.2, 0.25) is 0 Å². The average Bonchev–Trinajstić information content (AvgIpc) is 1.79. The van der Waals surface area contributed by atoms with Crippen molar-refractivity contribution in [3.8, 4) is 0 Å². The summed E-state index contributed by atoms with van der Waals surface area (Å²) in [6.45, 7) is 10.3. The van der Waals surface area contributed by atoms with Gasteiger partial charge in [-0.25, -0.2) is 0 Å². The maximum absolute atomic E-state index is 3.78. The van der Waals surface area contributed by atoms with Crippen LogP contribution >= 0.6 is 0 Å². The molecule has 0 aliphatic rings. The molecule has 10 heavy (non-hydrogen) atoms. The summed E-state index contributed by atoms with van der Waals surface area (Å²) in [7, 11) is 0. The van der Waals surface area contributed by atoms with E-state index < -0.39 is 0 Å². The predicted molar refractivity (Wildman–Crippen MR) is 48.0 cm³/mol. The SMILES string of the molecule is C=C(C)/C=C/CCC(C)C. The first-order chi connectivity index (χ1) is 4.63. The minimum Gasteiger partial charge on any atom is -0.0961 e. The Hall–Kier alpha value is -0.520. The zero-order chi connectivity index (χ0) is 7.98. The van der Waals surface area contributed by atoms with Gasteiger partial charge in [-0.2, -0.15) is 0 Å². The molecule has 0 radical (unpaired) electrons. The van der Waals surface area contributed by atoms with Crippen molar-refractivity contribution in [2.24, 2.45) is 5.92 Å². The molecule has 0 heteroatoms. The monoisotopic (exact) mass is 138 g/mol. The van der Waals surface area contributed by atoms with E-state index in [0.717, 1.165) is 11.5 Å². The molecule has 0 amide bonds. The molecule has 0 aromatic rings. The molecular weight excluding hydrogens is 120 g/mol. The topological polar surface area (TPSA) is 0 Å². The lowest BCUT2D eigenvalue weighted by Gasteiger charge is -1.98. The van der Waals surface area contributed by atoms with Gasteiger partial charge < -0.3 is 0 Å². The molecule has 58 valence electrons. The van der Waals surface area contributed by atoms with Crippen molar-refractivity contribution in [1.82, 2.24) is 0 Å². The Kier molecular flexibility index (Phi) is 5.00. The van der Waals surface area contributed by atoms with Crippen molar-refractivity contribution < 1.29 is 0 Å². The zero-order valence-corrected chi connectivity index (χ0v) is 7.35. The molecule has 0 N–H and O–H groups in total. The van der Waals surface area contributed by atoms with Gasteiger partial charge in [0.25, 0.3) is 0 Å². The highest BCUT2D eigenvalue weighted by Crippen LogP contribution is 2.04. The predicted octanol–water partition coefficient (Wildman–Crippen LogP) is 3.55. The van der Waals surface area contributed by atoms with Crippen molar-refractivity contribution in [2.75, 3.05) is 0 Å². The molecule has 0 atom stereocenters. The maximum atomic E-state index is 3.78. The zero-order valence-electron chi connectivity index (χ0n) is 7.35. The van der Waals surface area contributed by atoms with E-state index >= 15 is 0 Å². The molecule has 0 saturated carbocycles. The molecule has 0 unspecified atom stereocenters. The smallest absolute Gasteiger partial charge is 0.0345 e. The van der Waals surface area contributed by atoms with Gasteiger partial charge in [-0.15, -0.1) is 0 Å². The minimum atomic E-state index is 0.815. The summed E-state index contributed by atoms with van der Waals surface area (Å²) in [6, 6.07) is 0. The summed E-state index contributed by atoms with van der Waals surface area (Å²) in [6.07, 6.45) is 6.75. The van der Waals surface area contributed by atoms with E-state index in [4.69, 9.17) is 0 Å². The van der Waals surface area contributed by atoms with Crippen LogP contribution in [-0.4, -0.2) is 0 Å². The normalized spacial score (nSPS) is 11.2. The summed E-state index contributed by atoms with van der Waals surface area (Å²) in [5.74, 6) is 0.815. The molecule has 0 aromatic heterocycles. The highest BCUT2D eigenvalue weighted by atomic mass is 13.9. The molecule has 0 aliphatic heterocycles. The molecule has 0 aromatic carbocycles. The van der Waals surface area contributed by atoms with Gasteiger partial charge in [-0.3, -0.25) is 0 Å². The first-order valence-electron chi connectivity index (χ1n) is 3.95. The summed E-state index contributed by atoms with van der Waals surface area (Å²) in [5.41, 5.74) is 1.14. The van der Waals surface area contributed by atoms with Crippen LogP contribution < -0.4 is 0 Å². The Bertz CT molecular complexity index is 118. The summed E-state index contributed by atoms with van der Waals surface area (Å²) >= 11 is 0. The van der Waals surface area contributed by atoms with Gasteiger partial charge in [0.05, 0.1) is 0 Å². The van der Waals surface area contributed by atoms with Crippen molar-refractivity contribution in [3.63, 3.8) is 0 Å². The van der Waals surface area contributed by atoms with Crippen molar-refractivity contribution in [2.45, 2.75) is 33.6 Å². The fourth-order valence-electron chi connectivity index (χ4n) is 0.714. The Labute approximate surface area is 64.6 Å². The summed E-state index contributed by atoms with van der Waals surface area (Å²) in [5, 5.41) is 0. The van der Waals surface area contributed by atoms with E-state index in [2.05, 4.69) is 32.6 Å². The third-order valence-corrected chi connectivity index (χ3v) is 1.31. The second-order valence-electron chi connectivity index (χ2n) is 3.22. The Balaban J connectivity index is 3.27. The molecule has 0 spiro atoms. The van der Waals surface area contributed by atoms with E-state index in [1.54, 1.807) is 0 Å². The van der Waals surface area contributed by atoms with Crippen LogP contribution in [0, 0.1) is 5.92 Å². The molecule has 0 saturated heterocycles. The Morgan fingerprint density at radius 3 is 2.50 bits per heavy atom. The highest BCUT2D eigenvalue weighted by molar-refractivity contribution is 5.10. The van der Waals surface area contributed by atoms with Crippen LogP contribution in [0.1, 0.15) is 33.6 Å². The number of hydrogen-bond donors (Lipinski definition) is 0. The fraction of sp³-hybridized carbons (Fsp3) is 0.600. The lowest BCUT2D eigenvalue weighted by molar-refractivity contribution is 0.594. The first kappa shape index (κ1) is 9.48. The van der Waals surface area contributed by atoms with E-state index in [9.17, 15) is 0 Å². The van der Waals surface area contributed by atoms with Crippen molar-refractivity contribution >= 4 is 0 Å². The van der Waals surface area contributed by atoms with Crippen LogP contribution in [0.5, 0.6) is 0 Å². The maximum Gasteiger partial charge on any atom is -0.0345 e. The van der Waals surface area contributed by atoms with Gasteiger partial charge in [0.15, 0.2) is 0 Å². The van der Waals surface area contributed by atoms with Crippen LogP contribution in [0.2, 0.25) is 0 Å². The van der Waals surface area contributed by atoms with E-state index in [1.807, 2.05) is 6.92 Å². The number of allylic oxidation sites excluding steroid dienone is 3. The van der Waals surface area contributed by atoms with Gasteiger partial charge in [-0.1, -0.05) is 38.2 Å². The van der Waals surface area contributed by atoms with E-state index in [1.165, 1.54) is 12.8 Å². The lowest BCUT2D eigenvalue weighted by Crippen LogP contribution is -1.83. The average molecular weight is 138 g/mol. The number of hydrogen-bond acceptors (Lipinski definition) is 0. The van der Waals surface area contributed by atoms with Gasteiger partial charge in [0.1, 0.15) is 0 Å². The van der Waals surface area contributed by atoms with Crippen LogP contribution in [0.3, 0.4) is 0 Å². The van der Waals surface area contributed by atoms with Gasteiger partial charge in [-0.05, 0) is 25.7 Å². The Morgan fingerprint density at radius 2 is 2.10 bits per heavy atom. The third-order valence-electron chi connectivity index (χ3n) is 1.31. The molecule has 0 fully saturated rings. The van der Waals surface area contributed by atoms with Crippen molar-refractivity contribution in [1.29, 1.82) is 0 Å². The summed E-state index contributed by atoms with van der Waals surface area (Å²) in [4.78, 5) is 0. The first-order valence-corrected chi connectivity index (χ1v) is 3.95. The van der Waals surface area contributed by atoms with Gasteiger partial charge in [0, 0.05) is 0 Å². The molecule has 0 nitrogen and oxygen atoms in total. The molecule has 0 rings (SSSR count). The second kappa shape index (κ2) is 5.28. The molecular formula is C10H18. The van der Waals surface area contributed by atoms with Gasteiger partial charge >= 0.3 is 0 Å². The van der Waals surface area contributed by atoms with E-state index in [-0.39, 0.29) is 0 Å². The van der Waals surface area contributed by atoms with Crippen LogP contribution in [0.25, 0.3) is 0 Å². The Morgan fingerprint density at radius 1 is 1.50 bits per heavy atom. The molecule has 0 heterocycles. The standard InChI is InChI=1S/C10H18/c1-9(2)7-5-6-8-10(3)4/h5,7,10H,1,6,8H2,2-4H3/b7-5+. The summed E-state index contributed by atoms with van der Waals surface area (Å²) < 4.78 is 0. The molecule has 0 aliphatic carbocycles.